The van der Waals surface area contributed by atoms with E-state index in [1.807, 2.05) is 0 Å². The van der Waals surface area contributed by atoms with Crippen LogP contribution in [0, 0.1) is 5.92 Å². The minimum absolute atomic E-state index is 0.0175. The molecule has 0 aliphatic heterocycles. The van der Waals surface area contributed by atoms with Gasteiger partial charge in [-0.1, -0.05) is 12.1 Å². The summed E-state index contributed by atoms with van der Waals surface area (Å²) < 4.78 is 29.6. The van der Waals surface area contributed by atoms with Crippen LogP contribution >= 0.6 is 0 Å². The Labute approximate surface area is 102 Å². The molecular weight excluding hydrogens is 246 g/mol. The van der Waals surface area contributed by atoms with Crippen molar-refractivity contribution < 1.29 is 18.4 Å². The Kier molecular flexibility index (Phi) is 7.09. The Morgan fingerprint density at radius 2 is 2.18 bits per heavy atom. The van der Waals surface area contributed by atoms with Crippen LogP contribution in [0.5, 0.6) is 0 Å². The average Bonchev–Trinajstić information content (AvgIpc) is 2.27. The highest BCUT2D eigenvalue weighted by Crippen LogP contribution is 2.05. The van der Waals surface area contributed by atoms with E-state index in [2.05, 4.69) is 5.16 Å². The standard InChI is InChI=1S/C9H21N3O4S/c1-8(9(10)11-13)7-12(2)17(14,15)6-4-5-16-3/h8,13H,4-7H2,1-3H3,(H2,10,11). The Morgan fingerprint density at radius 1 is 1.59 bits per heavy atom. The van der Waals surface area contributed by atoms with Gasteiger partial charge in [0.05, 0.1) is 5.75 Å². The number of hydrogen-bond donors (Lipinski definition) is 2. The van der Waals surface area contributed by atoms with Gasteiger partial charge >= 0.3 is 0 Å². The van der Waals surface area contributed by atoms with E-state index in [0.717, 1.165) is 0 Å². The maximum Gasteiger partial charge on any atom is 0.213 e. The second-order valence-electron chi connectivity index (χ2n) is 3.87. The highest BCUT2D eigenvalue weighted by molar-refractivity contribution is 7.89. The van der Waals surface area contributed by atoms with E-state index < -0.39 is 10.0 Å². The number of oxime groups is 1. The first-order valence-corrected chi connectivity index (χ1v) is 6.86. The molecule has 0 aromatic rings. The molecule has 0 bridgehead atoms. The molecule has 1 atom stereocenters. The molecule has 0 aromatic heterocycles. The van der Waals surface area contributed by atoms with Gasteiger partial charge in [0.25, 0.3) is 0 Å². The highest BCUT2D eigenvalue weighted by Gasteiger charge is 2.21. The largest absolute Gasteiger partial charge is 0.409 e. The van der Waals surface area contributed by atoms with E-state index in [-0.39, 0.29) is 24.1 Å². The molecule has 102 valence electrons. The molecule has 0 radical (unpaired) electrons. The molecule has 0 saturated heterocycles. The van der Waals surface area contributed by atoms with E-state index in [1.165, 1.54) is 18.5 Å². The molecule has 0 fully saturated rings. The number of nitrogens with zero attached hydrogens (tertiary/aromatic N) is 2. The van der Waals surface area contributed by atoms with E-state index in [1.54, 1.807) is 6.92 Å². The number of nitrogens with two attached hydrogens (primary N) is 1. The number of methoxy groups -OCH3 is 1. The number of sulfonamides is 1. The lowest BCUT2D eigenvalue weighted by Crippen LogP contribution is -2.37. The van der Waals surface area contributed by atoms with Crippen molar-refractivity contribution >= 4 is 15.9 Å². The molecular formula is C9H21N3O4S. The molecule has 1 unspecified atom stereocenters. The maximum atomic E-state index is 11.8. The third-order valence-electron chi connectivity index (χ3n) is 2.38. The number of hydrogen-bond acceptors (Lipinski definition) is 5. The summed E-state index contributed by atoms with van der Waals surface area (Å²) in [6, 6.07) is 0. The smallest absolute Gasteiger partial charge is 0.213 e. The average molecular weight is 267 g/mol. The van der Waals surface area contributed by atoms with Crippen molar-refractivity contribution in [2.45, 2.75) is 13.3 Å². The first-order valence-electron chi connectivity index (χ1n) is 5.25. The van der Waals surface area contributed by atoms with Gasteiger partial charge in [0.2, 0.25) is 10.0 Å². The van der Waals surface area contributed by atoms with Gasteiger partial charge in [0.15, 0.2) is 0 Å². The summed E-state index contributed by atoms with van der Waals surface area (Å²) in [5.41, 5.74) is 5.39. The molecule has 0 aromatic carbocycles. The van der Waals surface area contributed by atoms with Crippen LogP contribution < -0.4 is 5.73 Å². The summed E-state index contributed by atoms with van der Waals surface area (Å²) in [5, 5.41) is 11.3. The van der Waals surface area contributed by atoms with Gasteiger partial charge in [-0.2, -0.15) is 0 Å². The zero-order chi connectivity index (χ0) is 13.5. The molecule has 0 spiro atoms. The Morgan fingerprint density at radius 3 is 2.65 bits per heavy atom. The van der Waals surface area contributed by atoms with E-state index in [0.29, 0.717) is 13.0 Å². The minimum atomic E-state index is -3.31. The van der Waals surface area contributed by atoms with Crippen LogP contribution in [-0.4, -0.2) is 56.8 Å². The molecule has 3 N–H and O–H groups in total. The van der Waals surface area contributed by atoms with Gasteiger partial charge in [-0.3, -0.25) is 0 Å². The molecule has 17 heavy (non-hydrogen) atoms. The predicted octanol–water partition coefficient (Wildman–Crippen LogP) is -0.333. The second kappa shape index (κ2) is 7.46. The van der Waals surface area contributed by atoms with Gasteiger partial charge in [-0.05, 0) is 6.42 Å². The van der Waals surface area contributed by atoms with Crippen molar-refractivity contribution in [1.29, 1.82) is 0 Å². The lowest BCUT2D eigenvalue weighted by Gasteiger charge is -2.20. The molecule has 0 amide bonds. The fraction of sp³-hybridized carbons (Fsp3) is 0.889. The van der Waals surface area contributed by atoms with Gasteiger partial charge in [0, 0.05) is 33.2 Å². The third kappa shape index (κ3) is 5.85. The lowest BCUT2D eigenvalue weighted by atomic mass is 10.2. The van der Waals surface area contributed by atoms with Crippen LogP contribution in [0.4, 0.5) is 0 Å². The van der Waals surface area contributed by atoms with Crippen LogP contribution in [0.15, 0.2) is 5.16 Å². The topological polar surface area (TPSA) is 105 Å². The Bertz CT molecular complexity index is 342. The molecule has 0 heterocycles. The zero-order valence-corrected chi connectivity index (χ0v) is 11.3. The van der Waals surface area contributed by atoms with Gasteiger partial charge in [0.1, 0.15) is 5.84 Å². The maximum absolute atomic E-state index is 11.8. The van der Waals surface area contributed by atoms with Crippen molar-refractivity contribution in [2.24, 2.45) is 16.8 Å². The molecule has 0 rings (SSSR count). The molecule has 8 heteroatoms. The fourth-order valence-electron chi connectivity index (χ4n) is 1.23. The van der Waals surface area contributed by atoms with Crippen molar-refractivity contribution in [3.63, 3.8) is 0 Å². The van der Waals surface area contributed by atoms with Gasteiger partial charge < -0.3 is 15.7 Å². The van der Waals surface area contributed by atoms with Crippen molar-refractivity contribution in [1.82, 2.24) is 4.31 Å². The summed E-state index contributed by atoms with van der Waals surface area (Å²) in [4.78, 5) is 0. The van der Waals surface area contributed by atoms with Crippen LogP contribution in [0.1, 0.15) is 13.3 Å². The third-order valence-corrected chi connectivity index (χ3v) is 4.28. The van der Waals surface area contributed by atoms with Crippen molar-refractivity contribution in [3.05, 3.63) is 0 Å². The van der Waals surface area contributed by atoms with E-state index in [9.17, 15) is 8.42 Å². The Balaban J connectivity index is 4.34. The predicted molar refractivity (Wildman–Crippen MR) is 65.5 cm³/mol. The van der Waals surface area contributed by atoms with Crippen LogP contribution in [0.2, 0.25) is 0 Å². The summed E-state index contributed by atoms with van der Waals surface area (Å²) in [7, 11) is -0.308. The van der Waals surface area contributed by atoms with Gasteiger partial charge in [-0.15, -0.1) is 0 Å². The van der Waals surface area contributed by atoms with Crippen LogP contribution in [0.25, 0.3) is 0 Å². The first kappa shape index (κ1) is 16.1. The van der Waals surface area contributed by atoms with Gasteiger partial charge in [-0.25, -0.2) is 12.7 Å². The molecule has 0 aliphatic rings. The number of amidine groups is 1. The number of rotatable bonds is 8. The number of ether oxygens (including phenoxy) is 1. The quantitative estimate of drug-likeness (QED) is 0.206. The second-order valence-corrected chi connectivity index (χ2v) is 6.06. The molecule has 7 nitrogen and oxygen atoms in total. The summed E-state index contributed by atoms with van der Waals surface area (Å²) in [6.45, 7) is 2.28. The van der Waals surface area contributed by atoms with E-state index >= 15 is 0 Å². The molecule has 0 saturated carbocycles. The van der Waals surface area contributed by atoms with Crippen LogP contribution in [0.3, 0.4) is 0 Å². The summed E-state index contributed by atoms with van der Waals surface area (Å²) >= 11 is 0. The SMILES string of the molecule is COCCCS(=O)(=O)N(C)CC(C)C(N)=NO. The summed E-state index contributed by atoms with van der Waals surface area (Å²) in [6.07, 6.45) is 0.446. The van der Waals surface area contributed by atoms with Crippen LogP contribution in [-0.2, 0) is 14.8 Å². The van der Waals surface area contributed by atoms with E-state index in [4.69, 9.17) is 15.7 Å². The minimum Gasteiger partial charge on any atom is -0.409 e. The lowest BCUT2D eigenvalue weighted by molar-refractivity contribution is 0.199. The monoisotopic (exact) mass is 267 g/mol. The zero-order valence-electron chi connectivity index (χ0n) is 10.5. The normalized spacial score (nSPS) is 15.2. The highest BCUT2D eigenvalue weighted by atomic mass is 32.2. The summed E-state index contributed by atoms with van der Waals surface area (Å²) in [5.74, 6) is -0.286. The molecule has 0 aliphatic carbocycles. The first-order chi connectivity index (χ1) is 7.85. The Hall–Kier alpha value is -0.860. The van der Waals surface area contributed by atoms with Crippen molar-refractivity contribution in [2.75, 3.05) is 33.1 Å². The van der Waals surface area contributed by atoms with Crippen molar-refractivity contribution in [3.8, 4) is 0 Å². The fourth-order valence-corrected chi connectivity index (χ4v) is 2.48.